The third-order valence-electron chi connectivity index (χ3n) is 1.92. The highest BCUT2D eigenvalue weighted by molar-refractivity contribution is 5.09. The summed E-state index contributed by atoms with van der Waals surface area (Å²) in [6.07, 6.45) is 0. The summed E-state index contributed by atoms with van der Waals surface area (Å²) >= 11 is 0. The Bertz CT molecular complexity index is 146. The Morgan fingerprint density at radius 2 is 1.73 bits per heavy atom. The second-order valence-corrected chi connectivity index (χ2v) is 3.33. The summed E-state index contributed by atoms with van der Waals surface area (Å²) in [6, 6.07) is 0. The van der Waals surface area contributed by atoms with Crippen LogP contribution in [0.5, 0.6) is 0 Å². The molecule has 0 aromatic carbocycles. The van der Waals surface area contributed by atoms with E-state index in [9.17, 15) is 0 Å². The molecule has 0 aliphatic heterocycles. The molecule has 0 amide bonds. The van der Waals surface area contributed by atoms with Gasteiger partial charge in [-0.2, -0.15) is 0 Å². The zero-order valence-corrected chi connectivity index (χ0v) is 8.52. The first-order valence-electron chi connectivity index (χ1n) is 4.06. The largest absolute Gasteiger partial charge is 0.375 e. The van der Waals surface area contributed by atoms with Gasteiger partial charge >= 0.3 is 0 Å². The predicted octanol–water partition coefficient (Wildman–Crippen LogP) is 1.65. The molecule has 0 saturated heterocycles. The van der Waals surface area contributed by atoms with Crippen LogP contribution in [-0.4, -0.2) is 26.0 Å². The van der Waals surface area contributed by atoms with Gasteiger partial charge in [-0.05, 0) is 18.4 Å². The van der Waals surface area contributed by atoms with Crippen molar-refractivity contribution < 1.29 is 0 Å². The third-order valence-corrected chi connectivity index (χ3v) is 1.92. The van der Waals surface area contributed by atoms with Crippen molar-refractivity contribution in [1.29, 1.82) is 0 Å². The molecule has 1 N–H and O–H groups in total. The van der Waals surface area contributed by atoms with E-state index < -0.39 is 0 Å². The van der Waals surface area contributed by atoms with Crippen LogP contribution in [0, 0.1) is 5.92 Å². The molecule has 0 atom stereocenters. The van der Waals surface area contributed by atoms with Crippen molar-refractivity contribution in [3.63, 3.8) is 0 Å². The molecule has 66 valence electrons. The van der Waals surface area contributed by atoms with E-state index in [2.05, 4.69) is 45.1 Å². The van der Waals surface area contributed by atoms with Gasteiger partial charge < -0.3 is 10.2 Å². The number of nitrogens with one attached hydrogen (secondary N) is 1. The lowest BCUT2D eigenvalue weighted by atomic mass is 10.1. The molecule has 2 nitrogen and oxygen atoms in total. The molecule has 0 aliphatic carbocycles. The second kappa shape index (κ2) is 4.27. The third kappa shape index (κ3) is 2.83. The van der Waals surface area contributed by atoms with Gasteiger partial charge in [-0.25, -0.2) is 0 Å². The highest BCUT2D eigenvalue weighted by Crippen LogP contribution is 2.12. The van der Waals surface area contributed by atoms with E-state index in [0.29, 0.717) is 5.92 Å². The van der Waals surface area contributed by atoms with Crippen LogP contribution in [0.2, 0.25) is 0 Å². The zero-order chi connectivity index (χ0) is 9.02. The molecule has 0 saturated carbocycles. The number of hydrogen-bond donors (Lipinski definition) is 1. The van der Waals surface area contributed by atoms with Crippen LogP contribution in [0.3, 0.4) is 0 Å². The van der Waals surface area contributed by atoms with E-state index in [1.165, 1.54) is 11.4 Å². The number of allylic oxidation sites excluding steroid dienone is 1. The first kappa shape index (κ1) is 10.3. The Morgan fingerprint density at radius 1 is 1.27 bits per heavy atom. The van der Waals surface area contributed by atoms with Crippen molar-refractivity contribution >= 4 is 0 Å². The summed E-state index contributed by atoms with van der Waals surface area (Å²) in [5.74, 6) is 1.83. The molecule has 0 fully saturated rings. The SMILES string of the molecule is CNC(=C(C)C(C)C)N(C)C. The Balaban J connectivity index is 4.54. The van der Waals surface area contributed by atoms with Crippen LogP contribution in [0.1, 0.15) is 20.8 Å². The maximum Gasteiger partial charge on any atom is 0.0996 e. The molecule has 0 rings (SSSR count). The first-order chi connectivity index (χ1) is 5.00. The topological polar surface area (TPSA) is 15.3 Å². The Labute approximate surface area is 70.3 Å². The van der Waals surface area contributed by atoms with Crippen LogP contribution in [0.15, 0.2) is 11.4 Å². The maximum atomic E-state index is 3.19. The van der Waals surface area contributed by atoms with E-state index in [4.69, 9.17) is 0 Å². The van der Waals surface area contributed by atoms with Gasteiger partial charge in [-0.3, -0.25) is 0 Å². The highest BCUT2D eigenvalue weighted by Gasteiger charge is 2.05. The van der Waals surface area contributed by atoms with Gasteiger partial charge in [0.25, 0.3) is 0 Å². The lowest BCUT2D eigenvalue weighted by molar-refractivity contribution is 0.458. The van der Waals surface area contributed by atoms with Crippen molar-refractivity contribution in [2.24, 2.45) is 5.92 Å². The second-order valence-electron chi connectivity index (χ2n) is 3.33. The maximum absolute atomic E-state index is 3.19. The van der Waals surface area contributed by atoms with Gasteiger partial charge in [-0.15, -0.1) is 0 Å². The summed E-state index contributed by atoms with van der Waals surface area (Å²) in [4.78, 5) is 2.11. The quantitative estimate of drug-likeness (QED) is 0.668. The van der Waals surface area contributed by atoms with Gasteiger partial charge in [0, 0.05) is 21.1 Å². The van der Waals surface area contributed by atoms with Crippen molar-refractivity contribution in [2.75, 3.05) is 21.1 Å². The fourth-order valence-electron chi connectivity index (χ4n) is 1.05. The molecular formula is C9H20N2. The molecular weight excluding hydrogens is 136 g/mol. The standard InChI is InChI=1S/C9H20N2/c1-7(2)8(3)9(10-4)11(5)6/h7,10H,1-6H3. The van der Waals surface area contributed by atoms with E-state index in [1.807, 2.05) is 7.05 Å². The van der Waals surface area contributed by atoms with Crippen molar-refractivity contribution in [1.82, 2.24) is 10.2 Å². The molecule has 0 aliphatic rings. The number of nitrogens with zero attached hydrogens (tertiary/aromatic N) is 1. The molecule has 0 spiro atoms. The van der Waals surface area contributed by atoms with Gasteiger partial charge in [0.05, 0.1) is 5.82 Å². The number of hydrogen-bond acceptors (Lipinski definition) is 2. The average molecular weight is 156 g/mol. The summed E-state index contributed by atoms with van der Waals surface area (Å²) in [6.45, 7) is 6.57. The fourth-order valence-corrected chi connectivity index (χ4v) is 1.05. The minimum absolute atomic E-state index is 0.611. The van der Waals surface area contributed by atoms with E-state index in [1.54, 1.807) is 0 Å². The smallest absolute Gasteiger partial charge is 0.0996 e. The van der Waals surface area contributed by atoms with Gasteiger partial charge in [0.2, 0.25) is 0 Å². The van der Waals surface area contributed by atoms with Gasteiger partial charge in [0.15, 0.2) is 0 Å². The summed E-state index contributed by atoms with van der Waals surface area (Å²) in [7, 11) is 6.07. The van der Waals surface area contributed by atoms with Crippen LogP contribution in [-0.2, 0) is 0 Å². The van der Waals surface area contributed by atoms with Gasteiger partial charge in [0.1, 0.15) is 0 Å². The Kier molecular flexibility index (Phi) is 4.01. The average Bonchev–Trinajstić information content (AvgIpc) is 1.88. The Hall–Kier alpha value is -0.660. The summed E-state index contributed by atoms with van der Waals surface area (Å²) in [5.41, 5.74) is 1.40. The fraction of sp³-hybridized carbons (Fsp3) is 0.778. The minimum atomic E-state index is 0.611. The lowest BCUT2D eigenvalue weighted by Crippen LogP contribution is -2.25. The zero-order valence-electron chi connectivity index (χ0n) is 8.52. The van der Waals surface area contributed by atoms with E-state index in [-0.39, 0.29) is 0 Å². The molecule has 0 unspecified atom stereocenters. The van der Waals surface area contributed by atoms with E-state index >= 15 is 0 Å². The minimum Gasteiger partial charge on any atom is -0.375 e. The summed E-state index contributed by atoms with van der Waals surface area (Å²) < 4.78 is 0. The molecule has 0 heterocycles. The van der Waals surface area contributed by atoms with Crippen molar-refractivity contribution in [2.45, 2.75) is 20.8 Å². The molecule has 0 aromatic rings. The van der Waals surface area contributed by atoms with Crippen LogP contribution in [0.25, 0.3) is 0 Å². The predicted molar refractivity (Wildman–Crippen MR) is 50.3 cm³/mol. The van der Waals surface area contributed by atoms with Crippen LogP contribution < -0.4 is 5.32 Å². The molecule has 0 radical (unpaired) electrons. The van der Waals surface area contributed by atoms with Crippen molar-refractivity contribution in [3.8, 4) is 0 Å². The Morgan fingerprint density at radius 3 is 1.82 bits per heavy atom. The number of rotatable bonds is 3. The molecule has 11 heavy (non-hydrogen) atoms. The normalized spacial score (nSPS) is 13.0. The highest BCUT2D eigenvalue weighted by atomic mass is 15.2. The lowest BCUT2D eigenvalue weighted by Gasteiger charge is -2.21. The van der Waals surface area contributed by atoms with Gasteiger partial charge in [-0.1, -0.05) is 13.8 Å². The first-order valence-corrected chi connectivity index (χ1v) is 4.06. The van der Waals surface area contributed by atoms with Crippen LogP contribution in [0.4, 0.5) is 0 Å². The summed E-state index contributed by atoms with van der Waals surface area (Å²) in [5, 5.41) is 3.19. The molecule has 0 aromatic heterocycles. The van der Waals surface area contributed by atoms with E-state index in [0.717, 1.165) is 0 Å². The molecule has 0 bridgehead atoms. The monoisotopic (exact) mass is 156 g/mol. The van der Waals surface area contributed by atoms with Crippen LogP contribution >= 0.6 is 0 Å². The van der Waals surface area contributed by atoms with Crippen molar-refractivity contribution in [3.05, 3.63) is 11.4 Å². The molecule has 2 heteroatoms.